The van der Waals surface area contributed by atoms with Crippen molar-refractivity contribution >= 4 is 5.91 Å². The summed E-state index contributed by atoms with van der Waals surface area (Å²) in [6, 6.07) is 0. The first-order valence-electron chi connectivity index (χ1n) is 7.25. The van der Waals surface area contributed by atoms with Crippen LogP contribution >= 0.6 is 0 Å². The van der Waals surface area contributed by atoms with Crippen LogP contribution in [0.4, 0.5) is 0 Å². The molecule has 100 valence electrons. The number of hydrogen-bond acceptors (Lipinski definition) is 2. The first-order chi connectivity index (χ1) is 8.26. The molecule has 1 fully saturated rings. The molecule has 0 radical (unpaired) electrons. The van der Waals surface area contributed by atoms with Gasteiger partial charge in [0.1, 0.15) is 0 Å². The molecule has 0 unspecified atom stereocenters. The highest BCUT2D eigenvalue weighted by Gasteiger charge is 2.15. The zero-order valence-electron chi connectivity index (χ0n) is 11.5. The predicted molar refractivity (Wildman–Crippen MR) is 72.0 cm³/mol. The molecule has 0 heterocycles. The molecule has 1 saturated carbocycles. The van der Waals surface area contributed by atoms with Gasteiger partial charge in [0.15, 0.2) is 0 Å². The number of carbonyl (C=O) groups excluding carboxylic acids is 1. The van der Waals surface area contributed by atoms with E-state index in [9.17, 15) is 4.79 Å². The normalized spacial score (nSPS) is 16.6. The molecule has 1 aliphatic carbocycles. The molecule has 0 aromatic carbocycles. The largest absolute Gasteiger partial charge is 0.355 e. The molecule has 3 heteroatoms. The van der Waals surface area contributed by atoms with Crippen LogP contribution in [0.15, 0.2) is 0 Å². The minimum atomic E-state index is 0.240. The van der Waals surface area contributed by atoms with Gasteiger partial charge in [-0.1, -0.05) is 39.5 Å². The van der Waals surface area contributed by atoms with Crippen molar-refractivity contribution in [2.45, 2.75) is 52.4 Å². The van der Waals surface area contributed by atoms with Crippen molar-refractivity contribution in [1.82, 2.24) is 10.2 Å². The number of rotatable bonds is 8. The predicted octanol–water partition coefficient (Wildman–Crippen LogP) is 2.41. The average molecular weight is 240 g/mol. The Morgan fingerprint density at radius 2 is 1.88 bits per heavy atom. The van der Waals surface area contributed by atoms with Crippen LogP contribution in [0.5, 0.6) is 0 Å². The van der Waals surface area contributed by atoms with Crippen molar-refractivity contribution in [3.63, 3.8) is 0 Å². The summed E-state index contributed by atoms with van der Waals surface area (Å²) in [6.45, 7) is 8.22. The zero-order chi connectivity index (χ0) is 12.5. The number of likely N-dealkylation sites (N-methyl/N-ethyl adjacent to an activating group) is 1. The van der Waals surface area contributed by atoms with Crippen molar-refractivity contribution in [2.24, 2.45) is 5.92 Å². The van der Waals surface area contributed by atoms with E-state index in [0.717, 1.165) is 44.9 Å². The van der Waals surface area contributed by atoms with Gasteiger partial charge in [-0.2, -0.15) is 0 Å². The smallest absolute Gasteiger partial charge is 0.220 e. The van der Waals surface area contributed by atoms with Crippen LogP contribution < -0.4 is 5.32 Å². The maximum Gasteiger partial charge on any atom is 0.220 e. The van der Waals surface area contributed by atoms with Crippen molar-refractivity contribution in [3.8, 4) is 0 Å². The quantitative estimate of drug-likeness (QED) is 0.706. The summed E-state index contributed by atoms with van der Waals surface area (Å²) in [5.41, 5.74) is 0. The van der Waals surface area contributed by atoms with E-state index in [4.69, 9.17) is 0 Å². The molecule has 0 spiro atoms. The molecular formula is C14H28N2O. The third kappa shape index (κ3) is 6.06. The van der Waals surface area contributed by atoms with Gasteiger partial charge in [0.25, 0.3) is 0 Å². The second-order valence-electron chi connectivity index (χ2n) is 5.07. The lowest BCUT2D eigenvalue weighted by Gasteiger charge is -2.18. The fourth-order valence-corrected chi connectivity index (χ4v) is 2.62. The molecule has 0 saturated heterocycles. The number of hydrogen-bond donors (Lipinski definition) is 1. The Hall–Kier alpha value is -0.570. The lowest BCUT2D eigenvalue weighted by atomic mass is 10.0. The van der Waals surface area contributed by atoms with E-state index >= 15 is 0 Å². The molecule has 3 nitrogen and oxygen atoms in total. The second-order valence-corrected chi connectivity index (χ2v) is 5.07. The van der Waals surface area contributed by atoms with Gasteiger partial charge in [-0.15, -0.1) is 0 Å². The topological polar surface area (TPSA) is 32.3 Å². The van der Waals surface area contributed by atoms with Gasteiger partial charge in [-0.3, -0.25) is 4.79 Å². The maximum atomic E-state index is 11.6. The van der Waals surface area contributed by atoms with E-state index in [1.807, 2.05) is 0 Å². The van der Waals surface area contributed by atoms with E-state index < -0.39 is 0 Å². The Kier molecular flexibility index (Phi) is 7.25. The Morgan fingerprint density at radius 3 is 2.47 bits per heavy atom. The molecule has 17 heavy (non-hydrogen) atoms. The van der Waals surface area contributed by atoms with Gasteiger partial charge in [-0.05, 0) is 25.4 Å². The van der Waals surface area contributed by atoms with E-state index in [-0.39, 0.29) is 5.91 Å². The monoisotopic (exact) mass is 240 g/mol. The van der Waals surface area contributed by atoms with Crippen LogP contribution in [0, 0.1) is 5.92 Å². The van der Waals surface area contributed by atoms with Gasteiger partial charge >= 0.3 is 0 Å². The van der Waals surface area contributed by atoms with Crippen LogP contribution in [-0.4, -0.2) is 37.0 Å². The van der Waals surface area contributed by atoms with Crippen molar-refractivity contribution in [1.29, 1.82) is 0 Å². The standard InChI is InChI=1S/C14H28N2O/c1-3-16(4-2)12-11-15-14(17)10-9-13-7-5-6-8-13/h13H,3-12H2,1-2H3,(H,15,17). The number of nitrogens with one attached hydrogen (secondary N) is 1. The van der Waals surface area contributed by atoms with E-state index in [0.29, 0.717) is 0 Å². The second kappa shape index (κ2) is 8.51. The van der Waals surface area contributed by atoms with Crippen LogP contribution in [-0.2, 0) is 4.79 Å². The molecule has 0 atom stereocenters. The molecule has 1 rings (SSSR count). The number of amides is 1. The molecule has 0 aromatic heterocycles. The first-order valence-corrected chi connectivity index (χ1v) is 7.25. The molecule has 1 amide bonds. The molecule has 1 N–H and O–H groups in total. The van der Waals surface area contributed by atoms with E-state index in [1.54, 1.807) is 0 Å². The molecule has 0 aromatic rings. The molecule has 1 aliphatic rings. The van der Waals surface area contributed by atoms with Crippen LogP contribution in [0.1, 0.15) is 52.4 Å². The highest BCUT2D eigenvalue weighted by atomic mass is 16.1. The molecule has 0 bridgehead atoms. The highest BCUT2D eigenvalue weighted by Crippen LogP contribution is 2.28. The minimum Gasteiger partial charge on any atom is -0.355 e. The van der Waals surface area contributed by atoms with Gasteiger partial charge in [0, 0.05) is 19.5 Å². The van der Waals surface area contributed by atoms with Crippen LogP contribution in [0.3, 0.4) is 0 Å². The van der Waals surface area contributed by atoms with Crippen molar-refractivity contribution < 1.29 is 4.79 Å². The number of carbonyl (C=O) groups is 1. The summed E-state index contributed by atoms with van der Waals surface area (Å²) in [7, 11) is 0. The van der Waals surface area contributed by atoms with E-state index in [2.05, 4.69) is 24.1 Å². The van der Waals surface area contributed by atoms with Gasteiger partial charge in [-0.25, -0.2) is 0 Å². The Labute approximate surface area is 106 Å². The van der Waals surface area contributed by atoms with Crippen LogP contribution in [0.2, 0.25) is 0 Å². The Bertz CT molecular complexity index is 208. The third-order valence-corrected chi connectivity index (χ3v) is 3.90. The highest BCUT2D eigenvalue weighted by molar-refractivity contribution is 5.75. The minimum absolute atomic E-state index is 0.240. The summed E-state index contributed by atoms with van der Waals surface area (Å²) in [4.78, 5) is 14.0. The SMILES string of the molecule is CCN(CC)CCNC(=O)CCC1CCCC1. The van der Waals surface area contributed by atoms with Crippen molar-refractivity contribution in [2.75, 3.05) is 26.2 Å². The zero-order valence-corrected chi connectivity index (χ0v) is 11.5. The lowest BCUT2D eigenvalue weighted by molar-refractivity contribution is -0.121. The van der Waals surface area contributed by atoms with Gasteiger partial charge in [0.05, 0.1) is 0 Å². The van der Waals surface area contributed by atoms with Crippen LogP contribution in [0.25, 0.3) is 0 Å². The van der Waals surface area contributed by atoms with Gasteiger partial charge in [0.2, 0.25) is 5.91 Å². The number of nitrogens with zero attached hydrogens (tertiary/aromatic N) is 1. The summed E-state index contributed by atoms with van der Waals surface area (Å²) >= 11 is 0. The summed E-state index contributed by atoms with van der Waals surface area (Å²) in [5.74, 6) is 1.06. The Morgan fingerprint density at radius 1 is 1.24 bits per heavy atom. The lowest BCUT2D eigenvalue weighted by Crippen LogP contribution is -2.34. The van der Waals surface area contributed by atoms with Gasteiger partial charge < -0.3 is 10.2 Å². The first kappa shape index (κ1) is 14.5. The summed E-state index contributed by atoms with van der Waals surface area (Å²) in [5, 5.41) is 3.03. The molecular weight excluding hydrogens is 212 g/mol. The average Bonchev–Trinajstić information content (AvgIpc) is 2.85. The fourth-order valence-electron chi connectivity index (χ4n) is 2.62. The molecule has 0 aliphatic heterocycles. The van der Waals surface area contributed by atoms with Crippen molar-refractivity contribution in [3.05, 3.63) is 0 Å². The summed E-state index contributed by atoms with van der Waals surface area (Å²) in [6.07, 6.45) is 7.24. The maximum absolute atomic E-state index is 11.6. The third-order valence-electron chi connectivity index (χ3n) is 3.90. The summed E-state index contributed by atoms with van der Waals surface area (Å²) < 4.78 is 0. The fraction of sp³-hybridized carbons (Fsp3) is 0.929. The Balaban J connectivity index is 2.00. The van der Waals surface area contributed by atoms with E-state index in [1.165, 1.54) is 25.7 Å².